The van der Waals surface area contributed by atoms with Crippen molar-refractivity contribution in [2.45, 2.75) is 20.3 Å². The molecule has 0 spiro atoms. The molecule has 1 aromatic carbocycles. The van der Waals surface area contributed by atoms with Crippen molar-refractivity contribution in [3.05, 3.63) is 29.8 Å². The first-order valence-corrected chi connectivity index (χ1v) is 9.63. The maximum atomic E-state index is 12.1. The fourth-order valence-corrected chi connectivity index (χ4v) is 3.69. The summed E-state index contributed by atoms with van der Waals surface area (Å²) in [7, 11) is -3.33. The molecule has 0 atom stereocenters. The molecule has 23 heavy (non-hydrogen) atoms. The number of amides is 1. The van der Waals surface area contributed by atoms with Crippen molar-refractivity contribution in [1.82, 2.24) is 9.62 Å². The standard InChI is InChI=1S/C16H25N3O3S/c1-3-11-23(21,22)17-13-16(20)19-9-7-18(8-10-19)15-6-4-5-14(2)12-15/h4-6,12,17H,3,7-11,13H2,1-2H3. The molecule has 0 aliphatic carbocycles. The molecule has 0 bridgehead atoms. The molecule has 2 rings (SSSR count). The van der Waals surface area contributed by atoms with E-state index in [1.165, 1.54) is 11.3 Å². The summed E-state index contributed by atoms with van der Waals surface area (Å²) in [5.41, 5.74) is 2.38. The maximum absolute atomic E-state index is 12.1. The number of aryl methyl sites for hydroxylation is 1. The molecule has 1 aliphatic rings. The van der Waals surface area contributed by atoms with Crippen LogP contribution in [0, 0.1) is 6.92 Å². The van der Waals surface area contributed by atoms with Gasteiger partial charge in [-0.05, 0) is 31.0 Å². The number of benzene rings is 1. The van der Waals surface area contributed by atoms with E-state index in [9.17, 15) is 13.2 Å². The summed E-state index contributed by atoms with van der Waals surface area (Å²) in [5, 5.41) is 0. The van der Waals surface area contributed by atoms with Crippen molar-refractivity contribution >= 4 is 21.6 Å². The number of anilines is 1. The van der Waals surface area contributed by atoms with E-state index in [0.717, 1.165) is 13.1 Å². The minimum Gasteiger partial charge on any atom is -0.368 e. The largest absolute Gasteiger partial charge is 0.368 e. The van der Waals surface area contributed by atoms with Crippen LogP contribution in [0.5, 0.6) is 0 Å². The predicted molar refractivity (Wildman–Crippen MR) is 92.1 cm³/mol. The molecule has 7 heteroatoms. The Morgan fingerprint density at radius 1 is 1.22 bits per heavy atom. The number of nitrogens with one attached hydrogen (secondary N) is 1. The number of rotatable bonds is 6. The smallest absolute Gasteiger partial charge is 0.237 e. The highest BCUT2D eigenvalue weighted by molar-refractivity contribution is 7.89. The van der Waals surface area contributed by atoms with E-state index in [0.29, 0.717) is 19.5 Å². The highest BCUT2D eigenvalue weighted by atomic mass is 32.2. The lowest BCUT2D eigenvalue weighted by Gasteiger charge is -2.36. The van der Waals surface area contributed by atoms with Crippen LogP contribution in [0.3, 0.4) is 0 Å². The van der Waals surface area contributed by atoms with Gasteiger partial charge in [-0.15, -0.1) is 0 Å². The fraction of sp³-hybridized carbons (Fsp3) is 0.562. The lowest BCUT2D eigenvalue weighted by molar-refractivity contribution is -0.130. The molecule has 0 saturated carbocycles. The van der Waals surface area contributed by atoms with E-state index in [1.807, 2.05) is 6.07 Å². The third kappa shape index (κ3) is 5.21. The van der Waals surface area contributed by atoms with E-state index in [-0.39, 0.29) is 18.2 Å². The molecule has 1 fully saturated rings. The Labute approximate surface area is 138 Å². The van der Waals surface area contributed by atoms with Gasteiger partial charge in [0, 0.05) is 31.9 Å². The van der Waals surface area contributed by atoms with Gasteiger partial charge in [0.15, 0.2) is 0 Å². The van der Waals surface area contributed by atoms with Crippen LogP contribution in [0.25, 0.3) is 0 Å². The molecule has 1 aliphatic heterocycles. The Kier molecular flexibility index (Phi) is 6.01. The van der Waals surface area contributed by atoms with E-state index in [2.05, 4.69) is 34.7 Å². The molecule has 1 saturated heterocycles. The monoisotopic (exact) mass is 339 g/mol. The molecule has 1 amide bonds. The van der Waals surface area contributed by atoms with Crippen molar-refractivity contribution in [2.24, 2.45) is 0 Å². The van der Waals surface area contributed by atoms with E-state index in [4.69, 9.17) is 0 Å². The van der Waals surface area contributed by atoms with Gasteiger partial charge in [-0.3, -0.25) is 4.79 Å². The first-order valence-electron chi connectivity index (χ1n) is 7.98. The Morgan fingerprint density at radius 2 is 1.91 bits per heavy atom. The van der Waals surface area contributed by atoms with Crippen molar-refractivity contribution < 1.29 is 13.2 Å². The van der Waals surface area contributed by atoms with Crippen molar-refractivity contribution in [2.75, 3.05) is 43.4 Å². The Balaban J connectivity index is 1.83. The maximum Gasteiger partial charge on any atom is 0.237 e. The second-order valence-electron chi connectivity index (χ2n) is 5.85. The van der Waals surface area contributed by atoms with Crippen LogP contribution < -0.4 is 9.62 Å². The van der Waals surface area contributed by atoms with Gasteiger partial charge in [-0.1, -0.05) is 19.1 Å². The summed E-state index contributed by atoms with van der Waals surface area (Å²) < 4.78 is 25.6. The number of hydrogen-bond donors (Lipinski definition) is 1. The van der Waals surface area contributed by atoms with Gasteiger partial charge in [-0.25, -0.2) is 13.1 Å². The first kappa shape index (κ1) is 17.7. The minimum absolute atomic E-state index is 0.0570. The molecular weight excluding hydrogens is 314 g/mol. The van der Waals surface area contributed by atoms with Gasteiger partial charge >= 0.3 is 0 Å². The van der Waals surface area contributed by atoms with Crippen molar-refractivity contribution in [1.29, 1.82) is 0 Å². The van der Waals surface area contributed by atoms with Crippen LogP contribution in [0.1, 0.15) is 18.9 Å². The molecule has 0 unspecified atom stereocenters. The minimum atomic E-state index is -3.33. The van der Waals surface area contributed by atoms with Gasteiger partial charge in [-0.2, -0.15) is 0 Å². The van der Waals surface area contributed by atoms with Crippen LogP contribution in [0.4, 0.5) is 5.69 Å². The van der Waals surface area contributed by atoms with Crippen LogP contribution in [-0.4, -0.2) is 57.7 Å². The average Bonchev–Trinajstić information content (AvgIpc) is 2.53. The summed E-state index contributed by atoms with van der Waals surface area (Å²) in [5.74, 6) is -0.102. The first-order chi connectivity index (χ1) is 10.9. The predicted octanol–water partition coefficient (Wildman–Crippen LogP) is 0.973. The topological polar surface area (TPSA) is 69.7 Å². The fourth-order valence-electron chi connectivity index (χ4n) is 2.66. The second-order valence-corrected chi connectivity index (χ2v) is 7.77. The van der Waals surface area contributed by atoms with Crippen LogP contribution >= 0.6 is 0 Å². The zero-order chi connectivity index (χ0) is 16.9. The van der Waals surface area contributed by atoms with Gasteiger partial charge in [0.2, 0.25) is 15.9 Å². The van der Waals surface area contributed by atoms with Gasteiger partial charge < -0.3 is 9.80 Å². The van der Waals surface area contributed by atoms with Crippen LogP contribution in [0.2, 0.25) is 0 Å². The number of piperazine rings is 1. The highest BCUT2D eigenvalue weighted by Gasteiger charge is 2.22. The van der Waals surface area contributed by atoms with Crippen molar-refractivity contribution in [3.63, 3.8) is 0 Å². The third-order valence-electron chi connectivity index (χ3n) is 3.92. The molecule has 1 N–H and O–H groups in total. The van der Waals surface area contributed by atoms with Crippen molar-refractivity contribution in [3.8, 4) is 0 Å². The summed E-state index contributed by atoms with van der Waals surface area (Å²) in [6.07, 6.45) is 0.540. The van der Waals surface area contributed by atoms with Gasteiger partial charge in [0.25, 0.3) is 0 Å². The van der Waals surface area contributed by atoms with Gasteiger partial charge in [0.1, 0.15) is 0 Å². The molecule has 128 valence electrons. The second kappa shape index (κ2) is 7.79. The number of carbonyl (C=O) groups excluding carboxylic acids is 1. The summed E-state index contributed by atoms with van der Waals surface area (Å²) in [6, 6.07) is 8.30. The zero-order valence-electron chi connectivity index (χ0n) is 13.8. The molecule has 1 heterocycles. The Hall–Kier alpha value is -1.60. The Morgan fingerprint density at radius 3 is 2.52 bits per heavy atom. The highest BCUT2D eigenvalue weighted by Crippen LogP contribution is 2.17. The number of hydrogen-bond acceptors (Lipinski definition) is 4. The van der Waals surface area contributed by atoms with E-state index in [1.54, 1.807) is 11.8 Å². The molecular formula is C16H25N3O3S. The lowest BCUT2D eigenvalue weighted by Crippen LogP contribution is -2.51. The summed E-state index contributed by atoms with van der Waals surface area (Å²) >= 11 is 0. The van der Waals surface area contributed by atoms with Crippen LogP contribution in [0.15, 0.2) is 24.3 Å². The molecule has 1 aromatic rings. The zero-order valence-corrected chi connectivity index (χ0v) is 14.6. The lowest BCUT2D eigenvalue weighted by atomic mass is 10.2. The quantitative estimate of drug-likeness (QED) is 0.838. The number of sulfonamides is 1. The normalized spacial score (nSPS) is 15.7. The van der Waals surface area contributed by atoms with E-state index >= 15 is 0 Å². The summed E-state index contributed by atoms with van der Waals surface area (Å²) in [4.78, 5) is 16.1. The molecule has 0 aromatic heterocycles. The Bertz CT molecular complexity index is 638. The van der Waals surface area contributed by atoms with Crippen LogP contribution in [-0.2, 0) is 14.8 Å². The van der Waals surface area contributed by atoms with Gasteiger partial charge in [0.05, 0.1) is 12.3 Å². The van der Waals surface area contributed by atoms with E-state index < -0.39 is 10.0 Å². The molecule has 0 radical (unpaired) electrons. The average molecular weight is 339 g/mol. The summed E-state index contributed by atoms with van der Waals surface area (Å²) in [6.45, 7) is 6.46. The SMILES string of the molecule is CCCS(=O)(=O)NCC(=O)N1CCN(c2cccc(C)c2)CC1. The third-order valence-corrected chi connectivity index (χ3v) is 5.45. The number of nitrogens with zero attached hydrogens (tertiary/aromatic N) is 2. The molecule has 6 nitrogen and oxygen atoms in total. The number of carbonyl (C=O) groups is 1.